The van der Waals surface area contributed by atoms with Crippen LogP contribution in [0.3, 0.4) is 0 Å². The predicted molar refractivity (Wildman–Crippen MR) is 98.7 cm³/mol. The Balaban J connectivity index is 1.81. The number of amides is 1. The summed E-state index contributed by atoms with van der Waals surface area (Å²) >= 11 is 0. The van der Waals surface area contributed by atoms with Gasteiger partial charge < -0.3 is 20.1 Å². The van der Waals surface area contributed by atoms with Gasteiger partial charge >= 0.3 is 0 Å². The molecule has 0 aromatic heterocycles. The smallest absolute Gasteiger partial charge is 0.243 e. The molecule has 9 heteroatoms. The number of ether oxygens (including phenoxy) is 2. The highest BCUT2D eigenvalue weighted by Crippen LogP contribution is 2.16. The van der Waals surface area contributed by atoms with Crippen LogP contribution in [0, 0.1) is 0 Å². The number of nitrogens with two attached hydrogens (primary N) is 1. The van der Waals surface area contributed by atoms with Gasteiger partial charge in [-0.3, -0.25) is 4.79 Å². The molecule has 0 aliphatic rings. The van der Waals surface area contributed by atoms with Crippen LogP contribution in [-0.2, 0) is 19.6 Å². The molecular weight excluding hydrogens is 358 g/mol. The van der Waals surface area contributed by atoms with Crippen molar-refractivity contribution in [2.45, 2.75) is 4.90 Å². The van der Waals surface area contributed by atoms with Crippen molar-refractivity contribution in [2.24, 2.45) is 5.14 Å². The van der Waals surface area contributed by atoms with Crippen LogP contribution in [0.15, 0.2) is 53.4 Å². The third-order valence-electron chi connectivity index (χ3n) is 3.33. The Kier molecular flexibility index (Phi) is 6.96. The molecule has 0 saturated carbocycles. The Labute approximate surface area is 152 Å². The number of sulfonamides is 1. The minimum atomic E-state index is -3.75. The van der Waals surface area contributed by atoms with E-state index in [1.54, 1.807) is 31.4 Å². The fraction of sp³-hybridized carbons (Fsp3) is 0.235. The van der Waals surface area contributed by atoms with Gasteiger partial charge in [-0.2, -0.15) is 0 Å². The Hall–Kier alpha value is -2.62. The lowest BCUT2D eigenvalue weighted by Gasteiger charge is -2.09. The molecule has 0 heterocycles. The van der Waals surface area contributed by atoms with Crippen molar-refractivity contribution < 1.29 is 22.7 Å². The number of primary sulfonamides is 1. The first kappa shape index (κ1) is 19.7. The Morgan fingerprint density at radius 2 is 1.62 bits per heavy atom. The summed E-state index contributed by atoms with van der Waals surface area (Å²) in [4.78, 5) is 11.9. The Morgan fingerprint density at radius 3 is 2.19 bits per heavy atom. The van der Waals surface area contributed by atoms with E-state index in [9.17, 15) is 13.2 Å². The first-order chi connectivity index (χ1) is 12.4. The van der Waals surface area contributed by atoms with Crippen LogP contribution in [-0.4, -0.2) is 41.2 Å². The zero-order chi connectivity index (χ0) is 19.0. The molecule has 8 nitrogen and oxygen atoms in total. The molecule has 26 heavy (non-hydrogen) atoms. The zero-order valence-corrected chi connectivity index (χ0v) is 15.1. The van der Waals surface area contributed by atoms with Crippen molar-refractivity contribution in [3.8, 4) is 5.75 Å². The molecule has 140 valence electrons. The van der Waals surface area contributed by atoms with Gasteiger partial charge in [-0.15, -0.1) is 0 Å². The average molecular weight is 379 g/mol. The predicted octanol–water partition coefficient (Wildman–Crippen LogP) is 1.41. The van der Waals surface area contributed by atoms with Crippen LogP contribution in [0.1, 0.15) is 0 Å². The van der Waals surface area contributed by atoms with E-state index in [1.807, 2.05) is 0 Å². The van der Waals surface area contributed by atoms with Crippen molar-refractivity contribution in [3.63, 3.8) is 0 Å². The molecular formula is C17H21N3O5S. The molecule has 0 spiro atoms. The van der Waals surface area contributed by atoms with Crippen molar-refractivity contribution in [2.75, 3.05) is 37.5 Å². The highest BCUT2D eigenvalue weighted by molar-refractivity contribution is 7.89. The van der Waals surface area contributed by atoms with Gasteiger partial charge in [0.1, 0.15) is 12.4 Å². The third kappa shape index (κ3) is 6.36. The number of rotatable bonds is 9. The van der Waals surface area contributed by atoms with E-state index in [-0.39, 0.29) is 17.3 Å². The molecule has 0 unspecified atom stereocenters. The standard InChI is InChI=1S/C17H21N3O5S/c1-24-10-11-25-15-6-2-13(3-7-15)19-12-17(21)20-14-4-8-16(9-5-14)26(18,22)23/h2-9,19H,10-12H2,1H3,(H,20,21)(H2,18,22,23). The van der Waals surface area contributed by atoms with E-state index in [4.69, 9.17) is 14.6 Å². The number of hydrogen-bond donors (Lipinski definition) is 3. The van der Waals surface area contributed by atoms with Gasteiger partial charge in [0.05, 0.1) is 18.0 Å². The SMILES string of the molecule is COCCOc1ccc(NCC(=O)Nc2ccc(S(N)(=O)=O)cc2)cc1. The fourth-order valence-electron chi connectivity index (χ4n) is 2.03. The highest BCUT2D eigenvalue weighted by atomic mass is 32.2. The lowest BCUT2D eigenvalue weighted by Crippen LogP contribution is -2.21. The maximum Gasteiger partial charge on any atom is 0.243 e. The molecule has 0 aliphatic heterocycles. The van der Waals surface area contributed by atoms with Crippen LogP contribution < -0.4 is 20.5 Å². The van der Waals surface area contributed by atoms with E-state index in [2.05, 4.69) is 10.6 Å². The molecule has 2 aromatic rings. The van der Waals surface area contributed by atoms with E-state index in [0.717, 1.165) is 5.69 Å². The molecule has 0 radical (unpaired) electrons. The lowest BCUT2D eigenvalue weighted by molar-refractivity contribution is -0.114. The summed E-state index contributed by atoms with van der Waals surface area (Å²) in [6, 6.07) is 12.8. The Morgan fingerprint density at radius 1 is 1.00 bits per heavy atom. The maximum atomic E-state index is 12.0. The fourth-order valence-corrected chi connectivity index (χ4v) is 2.54. The minimum absolute atomic E-state index is 0.0126. The second-order valence-electron chi connectivity index (χ2n) is 5.34. The molecule has 0 aliphatic carbocycles. The van der Waals surface area contributed by atoms with Crippen LogP contribution in [0.4, 0.5) is 11.4 Å². The first-order valence-corrected chi connectivity index (χ1v) is 9.31. The van der Waals surface area contributed by atoms with Crippen LogP contribution in [0.25, 0.3) is 0 Å². The van der Waals surface area contributed by atoms with Gasteiger partial charge in [0.2, 0.25) is 15.9 Å². The largest absolute Gasteiger partial charge is 0.491 e. The molecule has 4 N–H and O–H groups in total. The number of nitrogens with one attached hydrogen (secondary N) is 2. The van der Waals surface area contributed by atoms with Crippen LogP contribution >= 0.6 is 0 Å². The third-order valence-corrected chi connectivity index (χ3v) is 4.26. The summed E-state index contributed by atoms with van der Waals surface area (Å²) in [6.07, 6.45) is 0. The average Bonchev–Trinajstić information content (AvgIpc) is 2.61. The van der Waals surface area contributed by atoms with Gasteiger partial charge in [0, 0.05) is 18.5 Å². The van der Waals surface area contributed by atoms with Gasteiger partial charge in [0.15, 0.2) is 0 Å². The number of methoxy groups -OCH3 is 1. The van der Waals surface area contributed by atoms with Gasteiger partial charge in [0.25, 0.3) is 0 Å². The molecule has 2 rings (SSSR count). The van der Waals surface area contributed by atoms with Gasteiger partial charge in [-0.25, -0.2) is 13.6 Å². The summed E-state index contributed by atoms with van der Waals surface area (Å²) in [5.74, 6) is 0.445. The minimum Gasteiger partial charge on any atom is -0.491 e. The Bertz CT molecular complexity index is 820. The van der Waals surface area contributed by atoms with Crippen LogP contribution in [0.2, 0.25) is 0 Å². The van der Waals surface area contributed by atoms with E-state index < -0.39 is 10.0 Å². The molecule has 2 aromatic carbocycles. The second-order valence-corrected chi connectivity index (χ2v) is 6.90. The molecule has 0 bridgehead atoms. The molecule has 0 saturated heterocycles. The maximum absolute atomic E-state index is 12.0. The monoisotopic (exact) mass is 379 g/mol. The van der Waals surface area contributed by atoms with Gasteiger partial charge in [-0.05, 0) is 48.5 Å². The van der Waals surface area contributed by atoms with E-state index >= 15 is 0 Å². The van der Waals surface area contributed by atoms with E-state index in [1.165, 1.54) is 24.3 Å². The lowest BCUT2D eigenvalue weighted by atomic mass is 10.3. The topological polar surface area (TPSA) is 120 Å². The molecule has 1 amide bonds. The van der Waals surface area contributed by atoms with Crippen LogP contribution in [0.5, 0.6) is 5.75 Å². The second kappa shape index (κ2) is 9.18. The number of carbonyl (C=O) groups is 1. The van der Waals surface area contributed by atoms with Crippen molar-refractivity contribution in [1.29, 1.82) is 0 Å². The number of carbonyl (C=O) groups excluding carboxylic acids is 1. The summed E-state index contributed by atoms with van der Waals surface area (Å²) < 4.78 is 32.7. The highest BCUT2D eigenvalue weighted by Gasteiger charge is 2.08. The van der Waals surface area contributed by atoms with E-state index in [0.29, 0.717) is 24.7 Å². The normalized spacial score (nSPS) is 11.0. The quantitative estimate of drug-likeness (QED) is 0.567. The summed E-state index contributed by atoms with van der Waals surface area (Å²) in [5.41, 5.74) is 1.25. The number of benzene rings is 2. The molecule has 0 atom stereocenters. The number of anilines is 2. The van der Waals surface area contributed by atoms with Gasteiger partial charge in [-0.1, -0.05) is 0 Å². The van der Waals surface area contributed by atoms with Crippen molar-refractivity contribution in [3.05, 3.63) is 48.5 Å². The zero-order valence-electron chi connectivity index (χ0n) is 14.3. The molecule has 0 fully saturated rings. The number of hydrogen-bond acceptors (Lipinski definition) is 6. The summed E-state index contributed by atoms with van der Waals surface area (Å²) in [7, 11) is -2.14. The summed E-state index contributed by atoms with van der Waals surface area (Å²) in [6.45, 7) is 1.04. The van der Waals surface area contributed by atoms with Crippen molar-refractivity contribution in [1.82, 2.24) is 0 Å². The first-order valence-electron chi connectivity index (χ1n) is 7.77. The van der Waals surface area contributed by atoms with Crippen molar-refractivity contribution >= 4 is 27.3 Å². The summed E-state index contributed by atoms with van der Waals surface area (Å²) in [5, 5.41) is 10.7.